The van der Waals surface area contributed by atoms with Gasteiger partial charge in [0.15, 0.2) is 5.82 Å². The molecule has 4 rings (SSSR count). The summed E-state index contributed by atoms with van der Waals surface area (Å²) >= 11 is 6.42. The highest BCUT2D eigenvalue weighted by atomic mass is 35.5. The van der Waals surface area contributed by atoms with E-state index in [0.29, 0.717) is 12.1 Å². The highest BCUT2D eigenvalue weighted by Crippen LogP contribution is 2.33. The monoisotopic (exact) mass is 546 g/mol. The minimum atomic E-state index is -3.60. The van der Waals surface area contributed by atoms with Crippen molar-refractivity contribution >= 4 is 33.0 Å². The van der Waals surface area contributed by atoms with Gasteiger partial charge in [-0.3, -0.25) is 9.71 Å². The molecule has 0 spiro atoms. The van der Waals surface area contributed by atoms with Crippen LogP contribution < -0.4 is 9.62 Å². The molecular weight excluding hydrogens is 515 g/mol. The van der Waals surface area contributed by atoms with Gasteiger partial charge in [-0.1, -0.05) is 42.8 Å². The number of benzene rings is 1. The van der Waals surface area contributed by atoms with Gasteiger partial charge in [0.2, 0.25) is 10.0 Å². The van der Waals surface area contributed by atoms with E-state index in [2.05, 4.69) is 44.0 Å². The Morgan fingerprint density at radius 1 is 1.22 bits per heavy atom. The van der Waals surface area contributed by atoms with E-state index < -0.39 is 15.8 Å². The minimum Gasteiger partial charge on any atom is -0.370 e. The minimum absolute atomic E-state index is 0.0707. The summed E-state index contributed by atoms with van der Waals surface area (Å²) in [4.78, 5) is 6.70. The number of nitrogens with one attached hydrogen (secondary N) is 1. The number of pyridine rings is 1. The quantitative estimate of drug-likeness (QED) is 0.270. The summed E-state index contributed by atoms with van der Waals surface area (Å²) in [5.41, 5.74) is 2.20. The second-order valence-corrected chi connectivity index (χ2v) is 11.4. The first-order valence-corrected chi connectivity index (χ1v) is 14.6. The fraction of sp³-hybridized carbons (Fsp3) is 0.423. The topological polar surface area (TPSA) is 93.0 Å². The van der Waals surface area contributed by atoms with E-state index in [0.717, 1.165) is 49.2 Å². The van der Waals surface area contributed by atoms with Crippen molar-refractivity contribution in [3.05, 3.63) is 59.8 Å². The lowest BCUT2D eigenvalue weighted by Gasteiger charge is -2.23. The van der Waals surface area contributed by atoms with Gasteiger partial charge in [-0.25, -0.2) is 17.5 Å². The van der Waals surface area contributed by atoms with Gasteiger partial charge in [-0.15, -0.1) is 5.10 Å². The summed E-state index contributed by atoms with van der Waals surface area (Å²) in [5.74, 6) is 0.0431. The van der Waals surface area contributed by atoms with Gasteiger partial charge >= 0.3 is 0 Å². The van der Waals surface area contributed by atoms with Gasteiger partial charge in [-0.2, -0.15) is 0 Å². The van der Waals surface area contributed by atoms with Crippen molar-refractivity contribution in [3.63, 3.8) is 0 Å². The molecule has 1 aromatic carbocycles. The lowest BCUT2D eigenvalue weighted by molar-refractivity contribution is 0.599. The molecule has 3 aromatic rings. The Kier molecular flexibility index (Phi) is 8.81. The molecule has 198 valence electrons. The molecule has 1 N–H and O–H groups in total. The van der Waals surface area contributed by atoms with Crippen molar-refractivity contribution in [2.75, 3.05) is 28.5 Å². The molecular formula is C26H32ClFN6O2S. The second kappa shape index (κ2) is 12.0. The molecule has 37 heavy (non-hydrogen) atoms. The smallest absolute Gasteiger partial charge is 0.232 e. The number of sulfonamides is 1. The van der Waals surface area contributed by atoms with Crippen molar-refractivity contribution in [2.24, 2.45) is 5.92 Å². The van der Waals surface area contributed by atoms with Crippen molar-refractivity contribution in [3.8, 4) is 16.9 Å². The van der Waals surface area contributed by atoms with Crippen LogP contribution in [0.2, 0.25) is 5.02 Å². The number of nitrogens with zero attached hydrogens (tertiary/aromatic N) is 5. The number of aromatic nitrogens is 4. The first-order valence-electron chi connectivity index (χ1n) is 12.6. The molecule has 8 nitrogen and oxygen atoms in total. The Balaban J connectivity index is 1.57. The third-order valence-corrected chi connectivity index (χ3v) is 7.86. The number of hydrogen-bond donors (Lipinski definition) is 1. The van der Waals surface area contributed by atoms with Crippen LogP contribution in [0.3, 0.4) is 0 Å². The number of halogens is 2. The maximum Gasteiger partial charge on any atom is 0.232 e. The predicted molar refractivity (Wildman–Crippen MR) is 146 cm³/mol. The van der Waals surface area contributed by atoms with Crippen LogP contribution in [0, 0.1) is 11.7 Å². The van der Waals surface area contributed by atoms with Crippen molar-refractivity contribution < 1.29 is 12.8 Å². The Hall–Kier alpha value is -2.98. The average molecular weight is 547 g/mol. The molecule has 11 heteroatoms. The molecule has 0 unspecified atom stereocenters. The van der Waals surface area contributed by atoms with E-state index in [1.807, 2.05) is 12.3 Å². The lowest BCUT2D eigenvalue weighted by Crippen LogP contribution is -2.25. The summed E-state index contributed by atoms with van der Waals surface area (Å²) in [6.45, 7) is 5.68. The van der Waals surface area contributed by atoms with Crippen LogP contribution in [-0.2, 0) is 10.0 Å². The number of rotatable bonds is 13. The highest BCUT2D eigenvalue weighted by molar-refractivity contribution is 7.92. The largest absolute Gasteiger partial charge is 0.370 e. The molecule has 0 atom stereocenters. The van der Waals surface area contributed by atoms with Crippen LogP contribution in [-0.4, -0.2) is 47.2 Å². The van der Waals surface area contributed by atoms with Crippen LogP contribution in [0.25, 0.3) is 16.9 Å². The molecule has 0 saturated heterocycles. The number of hydrogen-bond acceptors (Lipinski definition) is 6. The van der Waals surface area contributed by atoms with Crippen molar-refractivity contribution in [1.82, 2.24) is 20.0 Å². The van der Waals surface area contributed by atoms with Gasteiger partial charge in [0.1, 0.15) is 11.4 Å². The maximum atomic E-state index is 14.8. The van der Waals surface area contributed by atoms with E-state index in [9.17, 15) is 12.8 Å². The SMILES string of the molecule is CCCN(CC/C=C\C1CC1)c1cncc(-c2cn(-c3c(F)ccc(NS(=O)(=O)CCC)c3Cl)nn2)c1. The zero-order valence-electron chi connectivity index (χ0n) is 21.1. The summed E-state index contributed by atoms with van der Waals surface area (Å²) in [6.07, 6.45) is 14.6. The van der Waals surface area contributed by atoms with Crippen LogP contribution in [0.4, 0.5) is 15.8 Å². The molecule has 1 aliphatic rings. The van der Waals surface area contributed by atoms with Gasteiger partial charge < -0.3 is 4.90 Å². The zero-order chi connectivity index (χ0) is 26.4. The Morgan fingerprint density at radius 2 is 2.03 bits per heavy atom. The highest BCUT2D eigenvalue weighted by Gasteiger charge is 2.20. The van der Waals surface area contributed by atoms with E-state index in [1.54, 1.807) is 19.3 Å². The molecule has 0 amide bonds. The van der Waals surface area contributed by atoms with Crippen LogP contribution in [0.5, 0.6) is 0 Å². The van der Waals surface area contributed by atoms with Crippen LogP contribution in [0.15, 0.2) is 48.9 Å². The summed E-state index contributed by atoms with van der Waals surface area (Å²) in [5, 5.41) is 8.17. The van der Waals surface area contributed by atoms with Crippen LogP contribution >= 0.6 is 11.6 Å². The number of allylic oxidation sites excluding steroid dienone is 1. The molecule has 0 bridgehead atoms. The first kappa shape index (κ1) is 27.1. The Labute approximate surface area is 222 Å². The van der Waals surface area contributed by atoms with Gasteiger partial charge in [0.05, 0.1) is 34.5 Å². The van der Waals surface area contributed by atoms with E-state index in [1.165, 1.54) is 23.6 Å². The van der Waals surface area contributed by atoms with E-state index in [-0.39, 0.29) is 22.2 Å². The maximum absolute atomic E-state index is 14.8. The third kappa shape index (κ3) is 7.07. The molecule has 2 heterocycles. The summed E-state index contributed by atoms with van der Waals surface area (Å²) in [6, 6.07) is 4.44. The molecule has 1 fully saturated rings. The molecule has 2 aromatic heterocycles. The van der Waals surface area contributed by atoms with Gasteiger partial charge in [0.25, 0.3) is 0 Å². The first-order chi connectivity index (χ1) is 17.8. The van der Waals surface area contributed by atoms with E-state index in [4.69, 9.17) is 11.6 Å². The summed E-state index contributed by atoms with van der Waals surface area (Å²) in [7, 11) is -3.60. The third-order valence-electron chi connectivity index (χ3n) is 6.00. The predicted octanol–water partition coefficient (Wildman–Crippen LogP) is 5.85. The van der Waals surface area contributed by atoms with Crippen LogP contribution in [0.1, 0.15) is 46.0 Å². The zero-order valence-corrected chi connectivity index (χ0v) is 22.6. The average Bonchev–Trinajstić information content (AvgIpc) is 3.57. The fourth-order valence-corrected chi connectivity index (χ4v) is 5.50. The molecule has 0 aliphatic heterocycles. The fourth-order valence-electron chi connectivity index (χ4n) is 4.01. The molecule has 0 radical (unpaired) electrons. The Morgan fingerprint density at radius 3 is 2.76 bits per heavy atom. The normalized spacial score (nSPS) is 13.8. The molecule has 1 saturated carbocycles. The number of anilines is 2. The van der Waals surface area contributed by atoms with Crippen molar-refractivity contribution in [2.45, 2.75) is 46.0 Å². The second-order valence-electron chi connectivity index (χ2n) is 9.20. The van der Waals surface area contributed by atoms with Gasteiger partial charge in [-0.05, 0) is 56.2 Å². The lowest BCUT2D eigenvalue weighted by atomic mass is 10.2. The summed E-state index contributed by atoms with van der Waals surface area (Å²) < 4.78 is 42.8. The molecule has 1 aliphatic carbocycles. The van der Waals surface area contributed by atoms with E-state index >= 15 is 0 Å². The standard InChI is InChI=1S/C26H32ClFN6O2S/c1-3-12-33(13-6-5-7-19-8-9-19)21-15-20(16-29-17-21)24-18-34(32-30-24)26-22(28)10-11-23(25(26)27)31-37(35,36)14-4-2/h5,7,10-11,15-19,31H,3-4,6,8-9,12-14H2,1-2H3/b7-5-. The Bertz CT molecular complexity index is 1360. The van der Waals surface area contributed by atoms with Gasteiger partial charge in [0, 0.05) is 24.8 Å². The van der Waals surface area contributed by atoms with Crippen molar-refractivity contribution in [1.29, 1.82) is 0 Å².